The molecule has 0 unspecified atom stereocenters. The van der Waals surface area contributed by atoms with Gasteiger partial charge < -0.3 is 37.9 Å². The molecule has 3 rings (SSSR count). The molecule has 0 radical (unpaired) electrons. The number of unbranched alkanes of at least 4 members (excludes halogenated alkanes) is 11. The van der Waals surface area contributed by atoms with E-state index in [4.69, 9.17) is 37.9 Å². The Morgan fingerprint density at radius 3 is 1.98 bits per heavy atom. The van der Waals surface area contributed by atoms with Gasteiger partial charge in [-0.25, -0.2) is 4.79 Å². The molecular weight excluding hydrogens is 775 g/mol. The lowest BCUT2D eigenvalue weighted by Crippen LogP contribution is -2.62. The van der Waals surface area contributed by atoms with Crippen molar-refractivity contribution >= 4 is 23.9 Å². The number of allylic oxidation sites excluding steroid dienone is 1. The Balaban J connectivity index is 1.84. The van der Waals surface area contributed by atoms with E-state index in [1.807, 2.05) is 6.08 Å². The predicted molar refractivity (Wildman–Crippen MR) is 223 cm³/mol. The zero-order valence-electron chi connectivity index (χ0n) is 35.7. The van der Waals surface area contributed by atoms with Crippen LogP contribution in [0.5, 0.6) is 5.75 Å². The van der Waals surface area contributed by atoms with Crippen molar-refractivity contribution in [2.45, 2.75) is 154 Å². The number of methoxy groups -OCH3 is 1. The summed E-state index contributed by atoms with van der Waals surface area (Å²) in [6.45, 7) is 5.00. The van der Waals surface area contributed by atoms with E-state index in [2.05, 4.69) is 16.9 Å². The maximum absolute atomic E-state index is 13.3. The largest absolute Gasteiger partial charge is 0.497 e. The normalized spacial score (nSPS) is 19.7. The lowest BCUT2D eigenvalue weighted by molar-refractivity contribution is -0.316. The maximum atomic E-state index is 13.3. The molecule has 0 bridgehead atoms. The number of ether oxygens (including phenoxy) is 8. The average Bonchev–Trinajstić information content (AvgIpc) is 3.23. The standard InChI is InChI=1S/C45H63N3O12/c1-6-7-8-9-10-11-12-13-14-15-16-17-21-24-39(59-44(52)36-22-19-18-20-23-36)38(47-48-46)30-56-45-43(55-29-35-25-27-37(53-5)28-26-35)42(58-34(4)51)41(57-33(3)50)40(60-45)31-54-32(2)49/h18-28,38-43,45H,6-17,29-31H2,1-5H3/b24-21+/t38-,39+,40+,41-,42-,43+,45+/m0/s1. The van der Waals surface area contributed by atoms with E-state index in [9.17, 15) is 24.7 Å². The van der Waals surface area contributed by atoms with Crippen LogP contribution in [0.4, 0.5) is 0 Å². The zero-order valence-corrected chi connectivity index (χ0v) is 35.7. The van der Waals surface area contributed by atoms with Gasteiger partial charge in [-0.2, -0.15) is 0 Å². The minimum absolute atomic E-state index is 0.0318. The molecule has 60 heavy (non-hydrogen) atoms. The highest BCUT2D eigenvalue weighted by atomic mass is 16.7. The van der Waals surface area contributed by atoms with Gasteiger partial charge in [0.1, 0.15) is 36.7 Å². The summed E-state index contributed by atoms with van der Waals surface area (Å²) in [6.07, 6.45) is 10.2. The van der Waals surface area contributed by atoms with Gasteiger partial charge in [-0.3, -0.25) is 14.4 Å². The number of rotatable bonds is 28. The summed E-state index contributed by atoms with van der Waals surface area (Å²) in [5, 5.41) is 3.97. The van der Waals surface area contributed by atoms with Crippen molar-refractivity contribution in [3.63, 3.8) is 0 Å². The van der Waals surface area contributed by atoms with Gasteiger partial charge in [-0.15, -0.1) is 0 Å². The van der Waals surface area contributed by atoms with Crippen molar-refractivity contribution in [3.8, 4) is 5.75 Å². The van der Waals surface area contributed by atoms with Crippen LogP contribution in [0.15, 0.2) is 71.9 Å². The molecule has 7 atom stereocenters. The highest BCUT2D eigenvalue weighted by Gasteiger charge is 2.52. The van der Waals surface area contributed by atoms with Gasteiger partial charge in [0.25, 0.3) is 0 Å². The Bertz CT molecular complexity index is 1650. The van der Waals surface area contributed by atoms with E-state index in [1.165, 1.54) is 72.1 Å². The topological polar surface area (TPSA) is 191 Å². The van der Waals surface area contributed by atoms with Crippen LogP contribution >= 0.6 is 0 Å². The van der Waals surface area contributed by atoms with Crippen molar-refractivity contribution in [2.24, 2.45) is 5.11 Å². The van der Waals surface area contributed by atoms with Crippen LogP contribution in [0, 0.1) is 0 Å². The molecule has 15 nitrogen and oxygen atoms in total. The molecule has 1 aliphatic rings. The molecule has 1 saturated heterocycles. The van der Waals surface area contributed by atoms with Crippen molar-refractivity contribution in [3.05, 3.63) is 88.3 Å². The summed E-state index contributed by atoms with van der Waals surface area (Å²) >= 11 is 0. The first kappa shape index (κ1) is 49.4. The maximum Gasteiger partial charge on any atom is 0.338 e. The highest BCUT2D eigenvalue weighted by molar-refractivity contribution is 5.89. The molecular formula is C45H63N3O12. The Hall–Kier alpha value is -4.95. The third kappa shape index (κ3) is 18.5. The van der Waals surface area contributed by atoms with E-state index >= 15 is 0 Å². The highest BCUT2D eigenvalue weighted by Crippen LogP contribution is 2.31. The SMILES string of the molecule is CCCCCCCCCCCCC/C=C/[C@@H](OC(=O)c1ccccc1)[C@H](CO[C@@H]1O[C@H](COC(C)=O)[C@H](OC(C)=O)[C@H](OC(C)=O)[C@H]1OCc1ccc(OC)cc1)N=[N+]=[N-]. The van der Waals surface area contributed by atoms with Crippen molar-refractivity contribution < 1.29 is 57.1 Å². The molecule has 1 heterocycles. The Morgan fingerprint density at radius 2 is 1.40 bits per heavy atom. The number of carbonyl (C=O) groups is 4. The number of azide groups is 1. The Morgan fingerprint density at radius 1 is 0.783 bits per heavy atom. The van der Waals surface area contributed by atoms with Crippen LogP contribution in [0.2, 0.25) is 0 Å². The molecule has 0 spiro atoms. The molecule has 0 aromatic heterocycles. The number of esters is 4. The van der Waals surface area contributed by atoms with Crippen LogP contribution in [0.1, 0.15) is 121 Å². The van der Waals surface area contributed by atoms with Crippen molar-refractivity contribution in [1.82, 2.24) is 0 Å². The second-order valence-electron chi connectivity index (χ2n) is 14.7. The van der Waals surface area contributed by atoms with Gasteiger partial charge in [-0.1, -0.05) is 113 Å². The average molecular weight is 838 g/mol. The van der Waals surface area contributed by atoms with Gasteiger partial charge >= 0.3 is 23.9 Å². The molecule has 0 aliphatic carbocycles. The minimum Gasteiger partial charge on any atom is -0.497 e. The molecule has 0 amide bonds. The lowest BCUT2D eigenvalue weighted by atomic mass is 9.98. The van der Waals surface area contributed by atoms with Gasteiger partial charge in [0.2, 0.25) is 0 Å². The molecule has 2 aromatic rings. The number of carbonyl (C=O) groups excluding carboxylic acids is 4. The quantitative estimate of drug-likeness (QED) is 0.0151. The molecule has 0 saturated carbocycles. The number of benzene rings is 2. The predicted octanol–water partition coefficient (Wildman–Crippen LogP) is 8.91. The van der Waals surface area contributed by atoms with Gasteiger partial charge in [-0.05, 0) is 54.3 Å². The van der Waals surface area contributed by atoms with Crippen LogP contribution in [0.25, 0.3) is 10.4 Å². The third-order valence-corrected chi connectivity index (χ3v) is 9.81. The first-order valence-corrected chi connectivity index (χ1v) is 21.0. The molecule has 1 aliphatic heterocycles. The first-order valence-electron chi connectivity index (χ1n) is 21.0. The Kier molecular flexibility index (Phi) is 23.5. The third-order valence-electron chi connectivity index (χ3n) is 9.81. The fraction of sp³-hybridized carbons (Fsp3) is 0.600. The summed E-state index contributed by atoms with van der Waals surface area (Å²) in [7, 11) is 1.55. The summed E-state index contributed by atoms with van der Waals surface area (Å²) in [5.41, 5.74) is 10.7. The van der Waals surface area contributed by atoms with E-state index in [1.54, 1.807) is 67.8 Å². The zero-order chi connectivity index (χ0) is 43.5. The molecule has 1 fully saturated rings. The summed E-state index contributed by atoms with van der Waals surface area (Å²) in [5.74, 6) is -2.07. The van der Waals surface area contributed by atoms with Crippen LogP contribution in [0.3, 0.4) is 0 Å². The van der Waals surface area contributed by atoms with Gasteiger partial charge in [0.05, 0.1) is 25.9 Å². The number of hydrogen-bond acceptors (Lipinski definition) is 13. The summed E-state index contributed by atoms with van der Waals surface area (Å²) < 4.78 is 46.6. The summed E-state index contributed by atoms with van der Waals surface area (Å²) in [4.78, 5) is 53.1. The van der Waals surface area contributed by atoms with E-state index < -0.39 is 73.3 Å². The smallest absolute Gasteiger partial charge is 0.338 e. The minimum atomic E-state index is -1.37. The summed E-state index contributed by atoms with van der Waals surface area (Å²) in [6, 6.07) is 14.4. The first-order chi connectivity index (χ1) is 29.1. The molecule has 330 valence electrons. The second-order valence-corrected chi connectivity index (χ2v) is 14.7. The van der Waals surface area contributed by atoms with E-state index in [0.29, 0.717) is 23.3 Å². The molecule has 15 heteroatoms. The van der Waals surface area contributed by atoms with Crippen molar-refractivity contribution in [1.29, 1.82) is 0 Å². The van der Waals surface area contributed by atoms with Gasteiger partial charge in [0.15, 0.2) is 18.5 Å². The number of hydrogen-bond donors (Lipinski definition) is 0. The van der Waals surface area contributed by atoms with Crippen LogP contribution in [-0.4, -0.2) is 87.1 Å². The Labute approximate surface area is 354 Å². The second kappa shape index (κ2) is 28.5. The van der Waals surface area contributed by atoms with E-state index in [-0.39, 0.29) is 13.2 Å². The number of nitrogens with zero attached hydrogens (tertiary/aromatic N) is 3. The van der Waals surface area contributed by atoms with Crippen LogP contribution < -0.4 is 4.74 Å². The lowest BCUT2D eigenvalue weighted by Gasteiger charge is -2.44. The monoisotopic (exact) mass is 837 g/mol. The fourth-order valence-corrected chi connectivity index (χ4v) is 6.72. The van der Waals surface area contributed by atoms with Crippen LogP contribution in [-0.2, 0) is 54.1 Å². The molecule has 0 N–H and O–H groups in total. The van der Waals surface area contributed by atoms with Gasteiger partial charge in [0, 0.05) is 25.7 Å². The molecule has 2 aromatic carbocycles. The van der Waals surface area contributed by atoms with Crippen molar-refractivity contribution in [2.75, 3.05) is 20.3 Å². The van der Waals surface area contributed by atoms with E-state index in [0.717, 1.165) is 19.3 Å². The fourth-order valence-electron chi connectivity index (χ4n) is 6.72.